The topological polar surface area (TPSA) is 59.0 Å². The van der Waals surface area contributed by atoms with Gasteiger partial charge in [0.2, 0.25) is 0 Å². The molecule has 29 heavy (non-hydrogen) atoms. The summed E-state index contributed by atoms with van der Waals surface area (Å²) in [5, 5.41) is 11.3. The summed E-state index contributed by atoms with van der Waals surface area (Å²) in [7, 11) is 1.39. The number of hydrogen-bond donors (Lipinski definition) is 1. The third-order valence-electron chi connectivity index (χ3n) is 5.20. The monoisotopic (exact) mass is 431 g/mol. The van der Waals surface area contributed by atoms with E-state index in [1.165, 1.54) is 7.11 Å². The SMILES string of the molecule is COC(=O)c1cc(-c2c(C)sc3cc(Cl)ccc23)ccc1N1CCO[C@H](CO)C1. The zero-order valence-corrected chi connectivity index (χ0v) is 17.8. The number of methoxy groups -OCH3 is 1. The van der Waals surface area contributed by atoms with Gasteiger partial charge in [0.05, 0.1) is 37.7 Å². The maximum Gasteiger partial charge on any atom is 0.339 e. The Morgan fingerprint density at radius 1 is 1.34 bits per heavy atom. The van der Waals surface area contributed by atoms with Gasteiger partial charge in [-0.2, -0.15) is 0 Å². The smallest absolute Gasteiger partial charge is 0.339 e. The Kier molecular flexibility index (Phi) is 5.79. The number of ether oxygens (including phenoxy) is 2. The van der Waals surface area contributed by atoms with Crippen molar-refractivity contribution in [3.05, 3.63) is 51.9 Å². The number of thiophene rings is 1. The quantitative estimate of drug-likeness (QED) is 0.616. The summed E-state index contributed by atoms with van der Waals surface area (Å²) in [6.45, 7) is 3.71. The van der Waals surface area contributed by atoms with Crippen LogP contribution in [-0.4, -0.2) is 50.6 Å². The van der Waals surface area contributed by atoms with E-state index in [1.54, 1.807) is 11.3 Å². The lowest BCUT2D eigenvalue weighted by Gasteiger charge is -2.34. The molecular weight excluding hydrogens is 410 g/mol. The predicted molar refractivity (Wildman–Crippen MR) is 117 cm³/mol. The van der Waals surface area contributed by atoms with Crippen LogP contribution in [0.2, 0.25) is 5.02 Å². The Balaban J connectivity index is 1.81. The molecule has 0 unspecified atom stereocenters. The number of morpholine rings is 1. The largest absolute Gasteiger partial charge is 0.465 e. The molecule has 1 aliphatic rings. The summed E-state index contributed by atoms with van der Waals surface area (Å²) in [6.07, 6.45) is -0.262. The molecule has 7 heteroatoms. The molecular formula is C22H22ClNO4S. The standard InChI is InChI=1S/C22H22ClNO4S/c1-13-21(17-5-4-15(23)10-20(17)29-13)14-3-6-19(18(9-14)22(26)27-2)24-7-8-28-16(11-24)12-25/h3-6,9-10,16,25H,7-8,11-12H2,1-2H3/t16-/m0/s1. The molecule has 0 spiro atoms. The van der Waals surface area contributed by atoms with Crippen molar-refractivity contribution >= 4 is 44.7 Å². The van der Waals surface area contributed by atoms with E-state index >= 15 is 0 Å². The van der Waals surface area contributed by atoms with Crippen LogP contribution < -0.4 is 4.90 Å². The second-order valence-electron chi connectivity index (χ2n) is 7.02. The van der Waals surface area contributed by atoms with E-state index in [9.17, 15) is 9.90 Å². The number of aliphatic hydroxyl groups excluding tert-OH is 1. The highest BCUT2D eigenvalue weighted by molar-refractivity contribution is 7.19. The summed E-state index contributed by atoms with van der Waals surface area (Å²) in [5.74, 6) is -0.380. The van der Waals surface area contributed by atoms with E-state index in [1.807, 2.05) is 36.4 Å². The molecule has 0 radical (unpaired) electrons. The maximum atomic E-state index is 12.6. The number of anilines is 1. The molecule has 1 saturated heterocycles. The lowest BCUT2D eigenvalue weighted by molar-refractivity contribution is 0.00348. The van der Waals surface area contributed by atoms with Crippen molar-refractivity contribution in [3.63, 3.8) is 0 Å². The van der Waals surface area contributed by atoms with Crippen molar-refractivity contribution in [3.8, 4) is 11.1 Å². The molecule has 0 amide bonds. The average molecular weight is 432 g/mol. The lowest BCUT2D eigenvalue weighted by Crippen LogP contribution is -2.44. The minimum Gasteiger partial charge on any atom is -0.465 e. The summed E-state index contributed by atoms with van der Waals surface area (Å²) in [5.41, 5.74) is 3.37. The molecule has 1 atom stereocenters. The van der Waals surface area contributed by atoms with E-state index < -0.39 is 0 Å². The summed E-state index contributed by atoms with van der Waals surface area (Å²) < 4.78 is 11.7. The molecule has 152 valence electrons. The van der Waals surface area contributed by atoms with Crippen LogP contribution in [0.4, 0.5) is 5.69 Å². The first-order valence-electron chi connectivity index (χ1n) is 9.40. The van der Waals surface area contributed by atoms with E-state index in [2.05, 4.69) is 11.8 Å². The Morgan fingerprint density at radius 2 is 2.17 bits per heavy atom. The van der Waals surface area contributed by atoms with Crippen LogP contribution in [0.15, 0.2) is 36.4 Å². The molecule has 4 rings (SSSR count). The van der Waals surface area contributed by atoms with Crippen molar-refractivity contribution in [2.24, 2.45) is 0 Å². The number of aryl methyl sites for hydroxylation is 1. The first kappa shape index (κ1) is 20.2. The Morgan fingerprint density at radius 3 is 2.93 bits per heavy atom. The number of fused-ring (bicyclic) bond motifs is 1. The predicted octanol–water partition coefficient (Wildman–Crippen LogP) is 4.51. The Labute approximate surface area is 178 Å². The molecule has 2 aromatic carbocycles. The number of carbonyl (C=O) groups is 1. The number of esters is 1. The molecule has 2 heterocycles. The van der Waals surface area contributed by atoms with Crippen molar-refractivity contribution in [1.82, 2.24) is 0 Å². The van der Waals surface area contributed by atoms with Gasteiger partial charge in [-0.05, 0) is 36.8 Å². The minimum absolute atomic E-state index is 0.0508. The van der Waals surface area contributed by atoms with Crippen LogP contribution in [0, 0.1) is 6.92 Å². The molecule has 0 aliphatic carbocycles. The first-order chi connectivity index (χ1) is 14.0. The zero-order valence-electron chi connectivity index (χ0n) is 16.3. The summed E-state index contributed by atoms with van der Waals surface area (Å²) in [4.78, 5) is 15.8. The zero-order chi connectivity index (χ0) is 20.5. The van der Waals surface area contributed by atoms with Gasteiger partial charge in [-0.15, -0.1) is 11.3 Å². The van der Waals surface area contributed by atoms with Crippen molar-refractivity contribution in [2.45, 2.75) is 13.0 Å². The molecule has 1 aliphatic heterocycles. The average Bonchev–Trinajstić information content (AvgIpc) is 3.07. The van der Waals surface area contributed by atoms with Crippen LogP contribution >= 0.6 is 22.9 Å². The highest BCUT2D eigenvalue weighted by Crippen LogP contribution is 2.40. The highest BCUT2D eigenvalue weighted by atomic mass is 35.5. The second kappa shape index (κ2) is 8.32. The number of hydrogen-bond acceptors (Lipinski definition) is 6. The van der Waals surface area contributed by atoms with Gasteiger partial charge in [0.1, 0.15) is 0 Å². The fourth-order valence-corrected chi connectivity index (χ4v) is 5.20. The molecule has 3 aromatic rings. The van der Waals surface area contributed by atoms with Crippen LogP contribution in [0.1, 0.15) is 15.2 Å². The van der Waals surface area contributed by atoms with Crippen LogP contribution in [0.25, 0.3) is 21.2 Å². The van der Waals surface area contributed by atoms with Gasteiger partial charge in [-0.25, -0.2) is 4.79 Å². The van der Waals surface area contributed by atoms with Gasteiger partial charge < -0.3 is 19.5 Å². The number of rotatable bonds is 4. The van der Waals surface area contributed by atoms with Crippen molar-refractivity contribution < 1.29 is 19.4 Å². The molecule has 5 nitrogen and oxygen atoms in total. The van der Waals surface area contributed by atoms with Gasteiger partial charge in [-0.3, -0.25) is 0 Å². The molecule has 1 aromatic heterocycles. The van der Waals surface area contributed by atoms with E-state index in [-0.39, 0.29) is 18.7 Å². The lowest BCUT2D eigenvalue weighted by atomic mass is 9.98. The number of nitrogens with zero attached hydrogens (tertiary/aromatic N) is 1. The van der Waals surface area contributed by atoms with E-state index in [0.29, 0.717) is 30.3 Å². The number of carbonyl (C=O) groups excluding carboxylic acids is 1. The third kappa shape index (κ3) is 3.85. The van der Waals surface area contributed by atoms with Gasteiger partial charge in [0.15, 0.2) is 0 Å². The Hall–Kier alpha value is -2.12. The fourth-order valence-electron chi connectivity index (χ4n) is 3.84. The van der Waals surface area contributed by atoms with Gasteiger partial charge >= 0.3 is 5.97 Å². The number of aliphatic hydroxyl groups is 1. The van der Waals surface area contributed by atoms with Gasteiger partial charge in [-0.1, -0.05) is 23.7 Å². The van der Waals surface area contributed by atoms with Crippen molar-refractivity contribution in [1.29, 1.82) is 0 Å². The minimum atomic E-state index is -0.380. The number of halogens is 1. The van der Waals surface area contributed by atoms with Gasteiger partial charge in [0.25, 0.3) is 0 Å². The molecule has 1 fully saturated rings. The second-order valence-corrected chi connectivity index (χ2v) is 8.71. The van der Waals surface area contributed by atoms with Crippen LogP contribution in [0.5, 0.6) is 0 Å². The fraction of sp³-hybridized carbons (Fsp3) is 0.318. The summed E-state index contributed by atoms with van der Waals surface area (Å²) >= 11 is 7.84. The van der Waals surface area contributed by atoms with Crippen LogP contribution in [-0.2, 0) is 9.47 Å². The molecule has 1 N–H and O–H groups in total. The van der Waals surface area contributed by atoms with E-state index in [4.69, 9.17) is 21.1 Å². The first-order valence-corrected chi connectivity index (χ1v) is 10.6. The molecule has 0 bridgehead atoms. The third-order valence-corrected chi connectivity index (χ3v) is 6.50. The van der Waals surface area contributed by atoms with Crippen molar-refractivity contribution in [2.75, 3.05) is 38.3 Å². The normalized spacial score (nSPS) is 17.0. The summed E-state index contributed by atoms with van der Waals surface area (Å²) in [6, 6.07) is 11.8. The molecule has 0 saturated carbocycles. The maximum absolute atomic E-state index is 12.6. The Bertz CT molecular complexity index is 1060. The van der Waals surface area contributed by atoms with Crippen LogP contribution in [0.3, 0.4) is 0 Å². The highest BCUT2D eigenvalue weighted by Gasteiger charge is 2.25. The van der Waals surface area contributed by atoms with E-state index in [0.717, 1.165) is 31.8 Å². The number of benzene rings is 2. The van der Waals surface area contributed by atoms with Gasteiger partial charge in [0, 0.05) is 38.6 Å².